The Morgan fingerprint density at radius 2 is 2.36 bits per heavy atom. The molecule has 0 saturated carbocycles. The fourth-order valence-electron chi connectivity index (χ4n) is 0.796. The Labute approximate surface area is 70.6 Å². The van der Waals surface area contributed by atoms with Crippen LogP contribution in [0.3, 0.4) is 0 Å². The summed E-state index contributed by atoms with van der Waals surface area (Å²) in [6, 6.07) is 3.62. The maximum absolute atomic E-state index is 5.70. The summed E-state index contributed by atoms with van der Waals surface area (Å²) >= 11 is 5.70. The van der Waals surface area contributed by atoms with E-state index in [0.29, 0.717) is 11.7 Å². The molecule has 0 unspecified atom stereocenters. The van der Waals surface area contributed by atoms with Gasteiger partial charge in [0.15, 0.2) is 0 Å². The van der Waals surface area contributed by atoms with Crippen LogP contribution in [0.15, 0.2) is 12.1 Å². The lowest BCUT2D eigenvalue weighted by molar-refractivity contribution is 1.06. The molecule has 1 aromatic heterocycles. The van der Waals surface area contributed by atoms with Gasteiger partial charge in [0.1, 0.15) is 11.0 Å². The Kier molecular flexibility index (Phi) is 2.68. The number of nitrogens with zero attached hydrogens (tertiary/aromatic N) is 1. The summed E-state index contributed by atoms with van der Waals surface area (Å²) in [4.78, 5) is 4.00. The molecule has 1 rings (SSSR count). The monoisotopic (exact) mass is 171 g/mol. The molecule has 0 saturated heterocycles. The molecule has 1 heterocycles. The van der Waals surface area contributed by atoms with Crippen molar-refractivity contribution in [1.29, 1.82) is 0 Å². The minimum Gasteiger partial charge on any atom is -0.373 e. The predicted octanol–water partition coefficient (Wildman–Crippen LogP) is 1.24. The smallest absolute Gasteiger partial charge is 0.131 e. The fraction of sp³-hybridized carbons (Fsp3) is 0.286. The number of pyridine rings is 1. The Morgan fingerprint density at radius 3 is 2.91 bits per heavy atom. The molecule has 1 aromatic rings. The van der Waals surface area contributed by atoms with Gasteiger partial charge >= 0.3 is 0 Å². The molecule has 0 radical (unpaired) electrons. The topological polar surface area (TPSA) is 50.9 Å². The number of hydrogen-bond acceptors (Lipinski definition) is 3. The van der Waals surface area contributed by atoms with Gasteiger partial charge in [-0.15, -0.1) is 0 Å². The summed E-state index contributed by atoms with van der Waals surface area (Å²) in [5.41, 5.74) is 6.41. The molecule has 0 atom stereocenters. The summed E-state index contributed by atoms with van der Waals surface area (Å²) in [5, 5.41) is 3.36. The third kappa shape index (κ3) is 2.06. The van der Waals surface area contributed by atoms with Crippen molar-refractivity contribution in [3.8, 4) is 0 Å². The van der Waals surface area contributed by atoms with E-state index in [1.54, 1.807) is 13.1 Å². The lowest BCUT2D eigenvalue weighted by Gasteiger charge is -2.02. The van der Waals surface area contributed by atoms with Crippen LogP contribution in [-0.2, 0) is 6.54 Å². The number of anilines is 1. The fourth-order valence-corrected chi connectivity index (χ4v) is 1.03. The number of nitrogens with two attached hydrogens (primary N) is 1. The zero-order valence-electron chi connectivity index (χ0n) is 6.26. The van der Waals surface area contributed by atoms with Gasteiger partial charge in [0.2, 0.25) is 0 Å². The maximum Gasteiger partial charge on any atom is 0.131 e. The summed E-state index contributed by atoms with van der Waals surface area (Å²) in [7, 11) is 1.79. The van der Waals surface area contributed by atoms with Gasteiger partial charge in [-0.25, -0.2) is 4.98 Å². The van der Waals surface area contributed by atoms with Crippen molar-refractivity contribution in [2.45, 2.75) is 6.54 Å². The van der Waals surface area contributed by atoms with Crippen LogP contribution < -0.4 is 11.1 Å². The molecule has 4 heteroatoms. The Bertz CT molecular complexity index is 227. The van der Waals surface area contributed by atoms with Crippen LogP contribution in [0, 0.1) is 0 Å². The molecule has 0 spiro atoms. The van der Waals surface area contributed by atoms with Crippen LogP contribution in [0.5, 0.6) is 0 Å². The van der Waals surface area contributed by atoms with Crippen LogP contribution in [0.4, 0.5) is 5.82 Å². The molecule has 0 aromatic carbocycles. The molecule has 11 heavy (non-hydrogen) atoms. The number of aromatic nitrogens is 1. The van der Waals surface area contributed by atoms with Crippen molar-refractivity contribution in [3.63, 3.8) is 0 Å². The zero-order valence-corrected chi connectivity index (χ0v) is 7.02. The first-order chi connectivity index (χ1) is 5.26. The van der Waals surface area contributed by atoms with Crippen LogP contribution in [0.25, 0.3) is 0 Å². The standard InChI is InChI=1S/C7H10ClN3/c1-10-7-3-5(4-9)2-6(8)11-7/h2-3H,4,9H2,1H3,(H,10,11). The first kappa shape index (κ1) is 8.30. The van der Waals surface area contributed by atoms with Crippen molar-refractivity contribution in [1.82, 2.24) is 4.98 Å². The second kappa shape index (κ2) is 3.55. The Balaban J connectivity index is 3.02. The highest BCUT2D eigenvalue weighted by Gasteiger charge is 1.96. The molecule has 0 aliphatic heterocycles. The Hall–Kier alpha value is -0.800. The van der Waals surface area contributed by atoms with Gasteiger partial charge in [0.25, 0.3) is 0 Å². The summed E-state index contributed by atoms with van der Waals surface area (Å²) in [6.45, 7) is 0.483. The Morgan fingerprint density at radius 1 is 1.64 bits per heavy atom. The van der Waals surface area contributed by atoms with E-state index in [4.69, 9.17) is 17.3 Å². The molecular weight excluding hydrogens is 162 g/mol. The van der Waals surface area contributed by atoms with Crippen molar-refractivity contribution in [2.75, 3.05) is 12.4 Å². The lowest BCUT2D eigenvalue weighted by Crippen LogP contribution is -1.99. The average molecular weight is 172 g/mol. The maximum atomic E-state index is 5.70. The molecule has 60 valence electrons. The van der Waals surface area contributed by atoms with E-state index in [9.17, 15) is 0 Å². The molecule has 0 fully saturated rings. The van der Waals surface area contributed by atoms with E-state index in [2.05, 4.69) is 10.3 Å². The van der Waals surface area contributed by atoms with E-state index >= 15 is 0 Å². The second-order valence-corrected chi connectivity index (χ2v) is 2.52. The number of halogens is 1. The summed E-state index contributed by atoms with van der Waals surface area (Å²) in [6.07, 6.45) is 0. The van der Waals surface area contributed by atoms with Gasteiger partial charge in [-0.05, 0) is 17.7 Å². The van der Waals surface area contributed by atoms with Crippen LogP contribution in [0.2, 0.25) is 5.15 Å². The SMILES string of the molecule is CNc1cc(CN)cc(Cl)n1. The first-order valence-electron chi connectivity index (χ1n) is 3.30. The number of hydrogen-bond donors (Lipinski definition) is 2. The minimum absolute atomic E-state index is 0.470. The molecule has 0 aliphatic carbocycles. The molecular formula is C7H10ClN3. The molecule has 0 aliphatic rings. The second-order valence-electron chi connectivity index (χ2n) is 2.14. The van der Waals surface area contributed by atoms with E-state index in [0.717, 1.165) is 11.4 Å². The number of nitrogens with one attached hydrogen (secondary N) is 1. The third-order valence-corrected chi connectivity index (χ3v) is 1.54. The van der Waals surface area contributed by atoms with Crippen molar-refractivity contribution < 1.29 is 0 Å². The summed E-state index contributed by atoms with van der Waals surface area (Å²) in [5.74, 6) is 0.748. The van der Waals surface area contributed by atoms with Crippen LogP contribution in [-0.4, -0.2) is 12.0 Å². The molecule has 0 bridgehead atoms. The largest absolute Gasteiger partial charge is 0.373 e. The average Bonchev–Trinajstić information content (AvgIpc) is 2.03. The van der Waals surface area contributed by atoms with Gasteiger partial charge in [0.05, 0.1) is 0 Å². The quantitative estimate of drug-likeness (QED) is 0.659. The van der Waals surface area contributed by atoms with Crippen molar-refractivity contribution in [2.24, 2.45) is 5.73 Å². The minimum atomic E-state index is 0.470. The van der Waals surface area contributed by atoms with E-state index < -0.39 is 0 Å². The summed E-state index contributed by atoms with van der Waals surface area (Å²) < 4.78 is 0. The molecule has 3 nitrogen and oxygen atoms in total. The van der Waals surface area contributed by atoms with Gasteiger partial charge in [-0.2, -0.15) is 0 Å². The predicted molar refractivity (Wildman–Crippen MR) is 46.7 cm³/mol. The highest BCUT2D eigenvalue weighted by atomic mass is 35.5. The lowest BCUT2D eigenvalue weighted by atomic mass is 10.2. The van der Waals surface area contributed by atoms with Crippen LogP contribution >= 0.6 is 11.6 Å². The van der Waals surface area contributed by atoms with Crippen LogP contribution in [0.1, 0.15) is 5.56 Å². The van der Waals surface area contributed by atoms with Gasteiger partial charge in [-0.1, -0.05) is 11.6 Å². The zero-order chi connectivity index (χ0) is 8.27. The molecule has 3 N–H and O–H groups in total. The number of rotatable bonds is 2. The molecule has 0 amide bonds. The van der Waals surface area contributed by atoms with Gasteiger partial charge in [0, 0.05) is 13.6 Å². The first-order valence-corrected chi connectivity index (χ1v) is 3.68. The van der Waals surface area contributed by atoms with E-state index in [1.165, 1.54) is 0 Å². The van der Waals surface area contributed by atoms with Crippen molar-refractivity contribution in [3.05, 3.63) is 22.8 Å². The van der Waals surface area contributed by atoms with Crippen molar-refractivity contribution >= 4 is 17.4 Å². The van der Waals surface area contributed by atoms with E-state index in [1.807, 2.05) is 6.07 Å². The highest BCUT2D eigenvalue weighted by molar-refractivity contribution is 6.29. The van der Waals surface area contributed by atoms with Gasteiger partial charge < -0.3 is 11.1 Å². The normalized spacial score (nSPS) is 9.73. The third-order valence-electron chi connectivity index (χ3n) is 1.35. The van der Waals surface area contributed by atoms with Gasteiger partial charge in [-0.3, -0.25) is 0 Å². The van der Waals surface area contributed by atoms with E-state index in [-0.39, 0.29) is 0 Å². The highest BCUT2D eigenvalue weighted by Crippen LogP contribution is 2.12.